The summed E-state index contributed by atoms with van der Waals surface area (Å²) in [5.41, 5.74) is 2.07. The molecule has 1 fully saturated rings. The van der Waals surface area contributed by atoms with Gasteiger partial charge in [0, 0.05) is 18.9 Å². The summed E-state index contributed by atoms with van der Waals surface area (Å²) in [6, 6.07) is 8.43. The van der Waals surface area contributed by atoms with Gasteiger partial charge in [-0.1, -0.05) is 30.8 Å². The first-order valence-electron chi connectivity index (χ1n) is 9.45. The van der Waals surface area contributed by atoms with Crippen molar-refractivity contribution in [2.75, 3.05) is 18.8 Å². The number of thiazole rings is 1. The average Bonchev–Trinajstić information content (AvgIpc) is 3.16. The average molecular weight is 415 g/mol. The Kier molecular flexibility index (Phi) is 6.07. The summed E-state index contributed by atoms with van der Waals surface area (Å²) in [6.45, 7) is 3.42. The van der Waals surface area contributed by atoms with E-state index < -0.39 is 0 Å². The summed E-state index contributed by atoms with van der Waals surface area (Å²) in [4.78, 5) is 27.7. The van der Waals surface area contributed by atoms with E-state index in [0.717, 1.165) is 45.9 Å². The summed E-state index contributed by atoms with van der Waals surface area (Å²) in [5, 5.41) is 0. The van der Waals surface area contributed by atoms with Crippen LogP contribution in [0.4, 0.5) is 0 Å². The van der Waals surface area contributed by atoms with Crippen molar-refractivity contribution in [3.8, 4) is 6.01 Å². The first kappa shape index (κ1) is 19.1. The van der Waals surface area contributed by atoms with E-state index in [0.29, 0.717) is 18.3 Å². The highest BCUT2D eigenvalue weighted by Gasteiger charge is 2.25. The highest BCUT2D eigenvalue weighted by molar-refractivity contribution is 8.01. The van der Waals surface area contributed by atoms with E-state index in [-0.39, 0.29) is 12.0 Å². The van der Waals surface area contributed by atoms with Gasteiger partial charge in [-0.25, -0.2) is 15.0 Å². The molecule has 1 aromatic carbocycles. The molecule has 0 saturated carbocycles. The van der Waals surface area contributed by atoms with Gasteiger partial charge in [0.05, 0.1) is 22.5 Å². The van der Waals surface area contributed by atoms with Crippen molar-refractivity contribution in [3.63, 3.8) is 0 Å². The Morgan fingerprint density at radius 3 is 2.93 bits per heavy atom. The molecule has 1 amide bonds. The number of aromatic nitrogens is 3. The SMILES string of the molecule is CCc1cnc(OC2CCCN(C(=O)CSc3nc4ccccc4s3)C2)nc1. The molecule has 28 heavy (non-hydrogen) atoms. The Balaban J connectivity index is 1.31. The van der Waals surface area contributed by atoms with Crippen LogP contribution in [0.2, 0.25) is 0 Å². The molecule has 0 spiro atoms. The molecule has 0 aliphatic carbocycles. The number of thioether (sulfide) groups is 1. The molecule has 1 unspecified atom stereocenters. The quantitative estimate of drug-likeness (QED) is 0.572. The molecule has 6 nitrogen and oxygen atoms in total. The largest absolute Gasteiger partial charge is 0.458 e. The molecule has 2 aromatic heterocycles. The van der Waals surface area contributed by atoms with Crippen LogP contribution in [0.3, 0.4) is 0 Å². The second-order valence-corrected chi connectivity index (χ2v) is 8.94. The van der Waals surface area contributed by atoms with Gasteiger partial charge < -0.3 is 9.64 Å². The Morgan fingerprint density at radius 1 is 1.32 bits per heavy atom. The monoisotopic (exact) mass is 414 g/mol. The predicted octanol–water partition coefficient (Wildman–Crippen LogP) is 3.81. The molecule has 0 N–H and O–H groups in total. The molecule has 1 aliphatic rings. The molecule has 0 bridgehead atoms. The fourth-order valence-electron chi connectivity index (χ4n) is 3.12. The number of ether oxygens (including phenoxy) is 1. The number of piperidine rings is 1. The number of nitrogens with zero attached hydrogens (tertiary/aromatic N) is 4. The van der Waals surface area contributed by atoms with E-state index in [9.17, 15) is 4.79 Å². The number of carbonyl (C=O) groups is 1. The molecule has 146 valence electrons. The van der Waals surface area contributed by atoms with Crippen LogP contribution in [-0.4, -0.2) is 50.7 Å². The van der Waals surface area contributed by atoms with Crippen molar-refractivity contribution < 1.29 is 9.53 Å². The van der Waals surface area contributed by atoms with E-state index in [1.54, 1.807) is 23.7 Å². The number of hydrogen-bond acceptors (Lipinski definition) is 7. The van der Waals surface area contributed by atoms with Gasteiger partial charge in [-0.05, 0) is 37.0 Å². The van der Waals surface area contributed by atoms with Crippen molar-refractivity contribution in [3.05, 3.63) is 42.2 Å². The Hall–Kier alpha value is -2.19. The molecule has 1 aliphatic heterocycles. The normalized spacial score (nSPS) is 17.0. The fourth-order valence-corrected chi connectivity index (χ4v) is 5.10. The third-order valence-corrected chi connectivity index (χ3v) is 6.85. The van der Waals surface area contributed by atoms with E-state index in [4.69, 9.17) is 4.74 Å². The number of para-hydroxylation sites is 1. The van der Waals surface area contributed by atoms with Crippen LogP contribution in [0, 0.1) is 0 Å². The third-order valence-electron chi connectivity index (χ3n) is 4.69. The molecular formula is C20H22N4O2S2. The van der Waals surface area contributed by atoms with Crippen LogP contribution in [0.15, 0.2) is 41.0 Å². The number of likely N-dealkylation sites (tertiary alicyclic amines) is 1. The number of benzene rings is 1. The summed E-state index contributed by atoms with van der Waals surface area (Å²) in [7, 11) is 0. The predicted molar refractivity (Wildman–Crippen MR) is 112 cm³/mol. The third kappa shape index (κ3) is 4.62. The number of carbonyl (C=O) groups excluding carboxylic acids is 1. The van der Waals surface area contributed by atoms with Crippen LogP contribution in [0.25, 0.3) is 10.2 Å². The summed E-state index contributed by atoms with van der Waals surface area (Å²) >= 11 is 3.14. The Labute approximate surface area is 172 Å². The van der Waals surface area contributed by atoms with Crippen molar-refractivity contribution >= 4 is 39.2 Å². The maximum atomic E-state index is 12.7. The van der Waals surface area contributed by atoms with Crippen molar-refractivity contribution in [2.24, 2.45) is 0 Å². The minimum absolute atomic E-state index is 0.0578. The molecule has 4 rings (SSSR count). The highest BCUT2D eigenvalue weighted by atomic mass is 32.2. The van der Waals surface area contributed by atoms with Crippen molar-refractivity contribution in [1.82, 2.24) is 19.9 Å². The fraction of sp³-hybridized carbons (Fsp3) is 0.400. The van der Waals surface area contributed by atoms with Crippen LogP contribution in [0.1, 0.15) is 25.3 Å². The van der Waals surface area contributed by atoms with Gasteiger partial charge in [0.2, 0.25) is 5.91 Å². The lowest BCUT2D eigenvalue weighted by Crippen LogP contribution is -2.45. The van der Waals surface area contributed by atoms with Gasteiger partial charge in [0.25, 0.3) is 0 Å². The lowest BCUT2D eigenvalue weighted by atomic mass is 10.1. The van der Waals surface area contributed by atoms with Crippen LogP contribution < -0.4 is 4.74 Å². The first-order valence-corrected chi connectivity index (χ1v) is 11.2. The van der Waals surface area contributed by atoms with E-state index in [1.807, 2.05) is 23.1 Å². The zero-order valence-electron chi connectivity index (χ0n) is 15.7. The van der Waals surface area contributed by atoms with E-state index >= 15 is 0 Å². The molecule has 1 saturated heterocycles. The second-order valence-electron chi connectivity index (χ2n) is 6.69. The number of amides is 1. The van der Waals surface area contributed by atoms with Gasteiger partial charge in [-0.3, -0.25) is 4.79 Å². The zero-order valence-corrected chi connectivity index (χ0v) is 17.3. The second kappa shape index (κ2) is 8.87. The Bertz CT molecular complexity index is 912. The lowest BCUT2D eigenvalue weighted by Gasteiger charge is -2.32. The van der Waals surface area contributed by atoms with Crippen LogP contribution in [-0.2, 0) is 11.2 Å². The van der Waals surface area contributed by atoms with Crippen molar-refractivity contribution in [1.29, 1.82) is 0 Å². The van der Waals surface area contributed by atoms with E-state index in [1.165, 1.54) is 11.8 Å². The zero-order chi connectivity index (χ0) is 19.3. The Morgan fingerprint density at radius 2 is 2.14 bits per heavy atom. The maximum Gasteiger partial charge on any atom is 0.316 e. The van der Waals surface area contributed by atoms with Gasteiger partial charge in [0.15, 0.2) is 4.34 Å². The molecule has 0 radical (unpaired) electrons. The summed E-state index contributed by atoms with van der Waals surface area (Å²) in [5.74, 6) is 0.522. The van der Waals surface area contributed by atoms with Gasteiger partial charge in [0.1, 0.15) is 6.10 Å². The number of hydrogen-bond donors (Lipinski definition) is 0. The topological polar surface area (TPSA) is 68.2 Å². The number of fused-ring (bicyclic) bond motifs is 1. The summed E-state index contributed by atoms with van der Waals surface area (Å²) < 4.78 is 7.99. The molecule has 1 atom stereocenters. The molecular weight excluding hydrogens is 392 g/mol. The molecule has 8 heteroatoms. The lowest BCUT2D eigenvalue weighted by molar-refractivity contribution is -0.131. The summed E-state index contributed by atoms with van der Waals surface area (Å²) in [6.07, 6.45) is 6.27. The van der Waals surface area contributed by atoms with Gasteiger partial charge in [-0.2, -0.15) is 0 Å². The number of rotatable bonds is 6. The van der Waals surface area contributed by atoms with Gasteiger partial charge in [-0.15, -0.1) is 11.3 Å². The number of aryl methyl sites for hydroxylation is 1. The standard InChI is InChI=1S/C20H22N4O2S2/c1-2-14-10-21-19(22-11-14)26-15-6-5-9-24(12-15)18(25)13-27-20-23-16-7-3-4-8-17(16)28-20/h3-4,7-8,10-11,15H,2,5-6,9,12-13H2,1H3. The highest BCUT2D eigenvalue weighted by Crippen LogP contribution is 2.29. The minimum Gasteiger partial charge on any atom is -0.458 e. The van der Waals surface area contributed by atoms with Crippen LogP contribution >= 0.6 is 23.1 Å². The van der Waals surface area contributed by atoms with Crippen LogP contribution in [0.5, 0.6) is 6.01 Å². The minimum atomic E-state index is -0.0578. The molecule has 3 heterocycles. The maximum absolute atomic E-state index is 12.7. The smallest absolute Gasteiger partial charge is 0.316 e. The van der Waals surface area contributed by atoms with Crippen molar-refractivity contribution in [2.45, 2.75) is 36.6 Å². The molecule has 3 aromatic rings. The van der Waals surface area contributed by atoms with E-state index in [2.05, 4.69) is 27.9 Å². The van der Waals surface area contributed by atoms with Gasteiger partial charge >= 0.3 is 6.01 Å². The first-order chi connectivity index (χ1) is 13.7.